The first-order chi connectivity index (χ1) is 12.7. The Morgan fingerprint density at radius 3 is 2.85 bits per heavy atom. The summed E-state index contributed by atoms with van der Waals surface area (Å²) < 4.78 is 20.6. The van der Waals surface area contributed by atoms with E-state index in [0.29, 0.717) is 21.8 Å². The van der Waals surface area contributed by atoms with Crippen LogP contribution in [0.25, 0.3) is 27.2 Å². The highest BCUT2D eigenvalue weighted by Gasteiger charge is 2.23. The molecule has 3 aromatic heterocycles. The summed E-state index contributed by atoms with van der Waals surface area (Å²) in [5, 5.41) is 8.28. The van der Waals surface area contributed by atoms with Crippen molar-refractivity contribution in [2.24, 2.45) is 0 Å². The molecule has 4 rings (SSSR count). The van der Waals surface area contributed by atoms with Gasteiger partial charge in [0.15, 0.2) is 0 Å². The van der Waals surface area contributed by atoms with Crippen LogP contribution >= 0.6 is 11.3 Å². The molecule has 0 unspecified atom stereocenters. The fraction of sp³-hybridized carbons (Fsp3) is 0.111. The van der Waals surface area contributed by atoms with Crippen molar-refractivity contribution in [2.45, 2.75) is 6.92 Å². The normalized spacial score (nSPS) is 11.0. The van der Waals surface area contributed by atoms with Crippen LogP contribution in [-0.4, -0.2) is 32.6 Å². The predicted molar refractivity (Wildman–Crippen MR) is 95.9 cm³/mol. The van der Waals surface area contributed by atoms with E-state index >= 15 is 0 Å². The van der Waals surface area contributed by atoms with E-state index in [-0.39, 0.29) is 12.4 Å². The van der Waals surface area contributed by atoms with E-state index in [2.05, 4.69) is 15.3 Å². The summed E-state index contributed by atoms with van der Waals surface area (Å²) in [5.74, 6) is -0.747. The van der Waals surface area contributed by atoms with Crippen molar-refractivity contribution in [3.63, 3.8) is 0 Å². The number of halogens is 1. The van der Waals surface area contributed by atoms with Crippen LogP contribution in [0.1, 0.15) is 16.6 Å². The van der Waals surface area contributed by atoms with Gasteiger partial charge in [0.05, 0.1) is 17.5 Å². The highest BCUT2D eigenvalue weighted by atomic mass is 32.1. The van der Waals surface area contributed by atoms with E-state index in [0.717, 1.165) is 10.3 Å². The van der Waals surface area contributed by atoms with E-state index in [4.69, 9.17) is 4.74 Å². The zero-order valence-corrected chi connectivity index (χ0v) is 14.5. The molecule has 0 spiro atoms. The number of pyridine rings is 1. The minimum Gasteiger partial charge on any atom is -0.462 e. The zero-order valence-electron chi connectivity index (χ0n) is 13.7. The van der Waals surface area contributed by atoms with Crippen LogP contribution in [0.3, 0.4) is 0 Å². The number of carbonyl (C=O) groups excluding carboxylic acids is 1. The van der Waals surface area contributed by atoms with Gasteiger partial charge in [-0.1, -0.05) is 5.21 Å². The third-order valence-corrected chi connectivity index (χ3v) is 4.86. The molecule has 0 aliphatic rings. The van der Waals surface area contributed by atoms with Crippen LogP contribution in [0.15, 0.2) is 48.8 Å². The molecule has 0 bridgehead atoms. The summed E-state index contributed by atoms with van der Waals surface area (Å²) in [6, 6.07) is 9.67. The Labute approximate surface area is 151 Å². The summed E-state index contributed by atoms with van der Waals surface area (Å²) in [5.41, 5.74) is 2.47. The summed E-state index contributed by atoms with van der Waals surface area (Å²) in [7, 11) is 0. The van der Waals surface area contributed by atoms with Crippen LogP contribution < -0.4 is 0 Å². The lowest BCUT2D eigenvalue weighted by molar-refractivity contribution is 0.0532. The van der Waals surface area contributed by atoms with E-state index < -0.39 is 5.97 Å². The SMILES string of the molecule is CCOC(=O)c1sc2cccnc2c1-n1cc(-c2ccc(F)cc2)nn1. The third-order valence-electron chi connectivity index (χ3n) is 3.75. The quantitative estimate of drug-likeness (QED) is 0.512. The smallest absolute Gasteiger partial charge is 0.350 e. The number of rotatable bonds is 4. The van der Waals surface area contributed by atoms with E-state index in [1.54, 1.807) is 31.5 Å². The lowest BCUT2D eigenvalue weighted by atomic mass is 10.2. The first-order valence-electron chi connectivity index (χ1n) is 7.90. The van der Waals surface area contributed by atoms with Gasteiger partial charge in [-0.3, -0.25) is 4.98 Å². The van der Waals surface area contributed by atoms with Gasteiger partial charge in [0.25, 0.3) is 0 Å². The maximum atomic E-state index is 13.1. The number of aromatic nitrogens is 4. The van der Waals surface area contributed by atoms with Crippen LogP contribution in [0.2, 0.25) is 0 Å². The van der Waals surface area contributed by atoms with Crippen molar-refractivity contribution >= 4 is 27.5 Å². The van der Waals surface area contributed by atoms with Gasteiger partial charge in [0, 0.05) is 11.8 Å². The van der Waals surface area contributed by atoms with Crippen molar-refractivity contribution in [1.82, 2.24) is 20.0 Å². The lowest BCUT2D eigenvalue weighted by Gasteiger charge is -2.03. The Morgan fingerprint density at radius 2 is 2.08 bits per heavy atom. The van der Waals surface area contributed by atoms with Crippen molar-refractivity contribution in [2.75, 3.05) is 6.61 Å². The standard InChI is InChI=1S/C18H13FN4O2S/c1-2-25-18(24)17-16(15-14(26-17)4-3-9-20-15)23-10-13(21-22-23)11-5-7-12(19)8-6-11/h3-10H,2H2,1H3. The number of hydrogen-bond acceptors (Lipinski definition) is 6. The van der Waals surface area contributed by atoms with Crippen molar-refractivity contribution in [3.8, 4) is 16.9 Å². The molecule has 0 saturated carbocycles. The fourth-order valence-electron chi connectivity index (χ4n) is 2.59. The van der Waals surface area contributed by atoms with E-state index in [9.17, 15) is 9.18 Å². The summed E-state index contributed by atoms with van der Waals surface area (Å²) in [6.45, 7) is 2.03. The molecular formula is C18H13FN4O2S. The summed E-state index contributed by atoms with van der Waals surface area (Å²) >= 11 is 1.30. The van der Waals surface area contributed by atoms with E-state index in [1.165, 1.54) is 28.2 Å². The number of thiophene rings is 1. The van der Waals surface area contributed by atoms with Gasteiger partial charge >= 0.3 is 5.97 Å². The molecule has 0 atom stereocenters. The van der Waals surface area contributed by atoms with Gasteiger partial charge in [-0.05, 0) is 43.3 Å². The first-order valence-corrected chi connectivity index (χ1v) is 8.72. The average molecular weight is 368 g/mol. The second kappa shape index (κ2) is 6.64. The molecule has 4 aromatic rings. The second-order valence-electron chi connectivity index (χ2n) is 5.41. The van der Waals surface area contributed by atoms with Gasteiger partial charge in [0.1, 0.15) is 27.6 Å². The van der Waals surface area contributed by atoms with Crippen molar-refractivity contribution in [3.05, 3.63) is 59.5 Å². The zero-order chi connectivity index (χ0) is 18.1. The van der Waals surface area contributed by atoms with Crippen LogP contribution in [0.5, 0.6) is 0 Å². The third kappa shape index (κ3) is 2.84. The minimum absolute atomic E-state index is 0.276. The maximum Gasteiger partial charge on any atom is 0.350 e. The fourth-order valence-corrected chi connectivity index (χ4v) is 3.63. The molecule has 8 heteroatoms. The van der Waals surface area contributed by atoms with Crippen molar-refractivity contribution in [1.29, 1.82) is 0 Å². The van der Waals surface area contributed by atoms with Crippen LogP contribution in [0, 0.1) is 5.82 Å². The summed E-state index contributed by atoms with van der Waals surface area (Å²) in [6.07, 6.45) is 3.34. The number of benzene rings is 1. The van der Waals surface area contributed by atoms with Gasteiger partial charge in [-0.15, -0.1) is 16.4 Å². The maximum absolute atomic E-state index is 13.1. The van der Waals surface area contributed by atoms with Gasteiger partial charge in [-0.2, -0.15) is 0 Å². The largest absolute Gasteiger partial charge is 0.462 e. The number of nitrogens with zero attached hydrogens (tertiary/aromatic N) is 4. The molecule has 0 N–H and O–H groups in total. The lowest BCUT2D eigenvalue weighted by Crippen LogP contribution is -2.07. The molecule has 130 valence electrons. The molecule has 6 nitrogen and oxygen atoms in total. The molecular weight excluding hydrogens is 355 g/mol. The number of carbonyl (C=O) groups is 1. The molecule has 0 aliphatic heterocycles. The molecule has 3 heterocycles. The molecule has 1 aromatic carbocycles. The Balaban J connectivity index is 1.85. The van der Waals surface area contributed by atoms with Crippen LogP contribution in [0.4, 0.5) is 4.39 Å². The van der Waals surface area contributed by atoms with Crippen LogP contribution in [-0.2, 0) is 4.74 Å². The Hall–Kier alpha value is -3.13. The number of esters is 1. The van der Waals surface area contributed by atoms with Crippen molar-refractivity contribution < 1.29 is 13.9 Å². The van der Waals surface area contributed by atoms with Gasteiger partial charge in [-0.25, -0.2) is 13.9 Å². The molecule has 0 saturated heterocycles. The predicted octanol–water partition coefficient (Wildman–Crippen LogP) is 3.86. The monoisotopic (exact) mass is 368 g/mol. The molecule has 0 amide bonds. The number of ether oxygens (including phenoxy) is 1. The molecule has 0 fully saturated rings. The molecule has 0 radical (unpaired) electrons. The van der Waals surface area contributed by atoms with Gasteiger partial charge < -0.3 is 4.74 Å². The topological polar surface area (TPSA) is 69.9 Å². The number of hydrogen-bond donors (Lipinski definition) is 0. The Kier molecular flexibility index (Phi) is 4.18. The second-order valence-corrected chi connectivity index (χ2v) is 6.46. The molecule has 0 aliphatic carbocycles. The highest BCUT2D eigenvalue weighted by Crippen LogP contribution is 2.33. The average Bonchev–Trinajstić information content (AvgIpc) is 3.27. The Bertz CT molecular complexity index is 1090. The minimum atomic E-state index is -0.427. The Morgan fingerprint density at radius 1 is 1.27 bits per heavy atom. The summed E-state index contributed by atoms with van der Waals surface area (Å²) in [4.78, 5) is 17.2. The van der Waals surface area contributed by atoms with E-state index in [1.807, 2.05) is 12.1 Å². The first kappa shape index (κ1) is 16.3. The number of fused-ring (bicyclic) bond motifs is 1. The highest BCUT2D eigenvalue weighted by molar-refractivity contribution is 7.21. The molecule has 26 heavy (non-hydrogen) atoms. The van der Waals surface area contributed by atoms with Gasteiger partial charge in [0.2, 0.25) is 0 Å².